The van der Waals surface area contributed by atoms with Crippen LogP contribution < -0.4 is 19.7 Å². The zero-order valence-corrected chi connectivity index (χ0v) is 17.9. The maximum atomic E-state index is 11.9. The van der Waals surface area contributed by atoms with Gasteiger partial charge in [0.05, 0.1) is 0 Å². The summed E-state index contributed by atoms with van der Waals surface area (Å²) in [6.45, 7) is 4.06. The minimum absolute atomic E-state index is 0.0179. The van der Waals surface area contributed by atoms with Crippen molar-refractivity contribution in [3.05, 3.63) is 35.2 Å². The van der Waals surface area contributed by atoms with E-state index in [0.29, 0.717) is 33.1 Å². The van der Waals surface area contributed by atoms with Crippen molar-refractivity contribution in [3.63, 3.8) is 0 Å². The molecule has 0 bridgehead atoms. The van der Waals surface area contributed by atoms with Gasteiger partial charge in [-0.25, -0.2) is 14.2 Å². The van der Waals surface area contributed by atoms with Gasteiger partial charge in [-0.05, 0) is 31.6 Å². The quantitative estimate of drug-likeness (QED) is 0.0681. The van der Waals surface area contributed by atoms with Gasteiger partial charge in [0, 0.05) is 13.1 Å². The molecule has 0 radical (unpaired) electrons. The lowest BCUT2D eigenvalue weighted by Gasteiger charge is -2.08. The monoisotopic (exact) mass is 468 g/mol. The molecule has 0 aliphatic heterocycles. The predicted molar refractivity (Wildman–Crippen MR) is 101 cm³/mol. The van der Waals surface area contributed by atoms with Gasteiger partial charge in [-0.15, -0.1) is 9.32 Å². The molecule has 0 amide bonds. The second-order valence-corrected chi connectivity index (χ2v) is 9.30. The maximum Gasteiger partial charge on any atom is 0.434 e. The number of nitrogens with one attached hydrogen (secondary N) is 2. The standard InChI is InChI=1S/C12H16N6O6S4/c1-3-15-23-24-25-11-13-5-9(7-17(11)19)26-27-10-6-14-12(18(20)8-10)28(21,22)16-4-2/h5-8,15-16H,3-4H2,1-2H3. The van der Waals surface area contributed by atoms with Gasteiger partial charge in [-0.1, -0.05) is 13.8 Å². The maximum absolute atomic E-state index is 11.9. The van der Waals surface area contributed by atoms with Crippen LogP contribution in [0, 0.1) is 10.4 Å². The summed E-state index contributed by atoms with van der Waals surface area (Å²) < 4.78 is 31.3. The lowest BCUT2D eigenvalue weighted by atomic mass is 10.7. The van der Waals surface area contributed by atoms with E-state index in [-0.39, 0.29) is 16.4 Å². The Balaban J connectivity index is 1.98. The normalized spacial score (nSPS) is 11.6. The summed E-state index contributed by atoms with van der Waals surface area (Å²) in [6, 6.07) is 0. The molecule has 0 spiro atoms. The highest BCUT2D eigenvalue weighted by Gasteiger charge is 2.26. The van der Waals surface area contributed by atoms with E-state index in [1.165, 1.54) is 18.6 Å². The van der Waals surface area contributed by atoms with Crippen molar-refractivity contribution in [1.29, 1.82) is 0 Å². The van der Waals surface area contributed by atoms with Gasteiger partial charge in [0.1, 0.15) is 22.2 Å². The molecule has 12 nitrogen and oxygen atoms in total. The second kappa shape index (κ2) is 11.0. The largest absolute Gasteiger partial charge is 0.710 e. The summed E-state index contributed by atoms with van der Waals surface area (Å²) in [6.07, 6.45) is 5.05. The minimum Gasteiger partial charge on any atom is -0.710 e. The Labute approximate surface area is 173 Å². The highest BCUT2D eigenvalue weighted by atomic mass is 33.1. The molecule has 2 aromatic rings. The van der Waals surface area contributed by atoms with E-state index in [2.05, 4.69) is 29.5 Å². The summed E-state index contributed by atoms with van der Waals surface area (Å²) in [7, 11) is -1.70. The van der Waals surface area contributed by atoms with Gasteiger partial charge >= 0.3 is 20.3 Å². The second-order valence-electron chi connectivity index (χ2n) is 4.70. The summed E-state index contributed by atoms with van der Waals surface area (Å²) in [5.74, 6) is 0. The van der Waals surface area contributed by atoms with Crippen molar-refractivity contribution in [2.75, 3.05) is 13.1 Å². The van der Waals surface area contributed by atoms with Gasteiger partial charge in [0.15, 0.2) is 24.4 Å². The molecule has 2 heterocycles. The van der Waals surface area contributed by atoms with E-state index < -0.39 is 15.2 Å². The van der Waals surface area contributed by atoms with E-state index in [1.807, 2.05) is 6.92 Å². The summed E-state index contributed by atoms with van der Waals surface area (Å²) in [5.41, 5.74) is 2.45. The molecule has 0 atom stereocenters. The van der Waals surface area contributed by atoms with Gasteiger partial charge in [-0.2, -0.15) is 13.9 Å². The number of hydroxylamine groups is 1. The first-order chi connectivity index (χ1) is 13.4. The van der Waals surface area contributed by atoms with Crippen molar-refractivity contribution in [1.82, 2.24) is 20.2 Å². The highest BCUT2D eigenvalue weighted by Crippen LogP contribution is 2.35. The van der Waals surface area contributed by atoms with Gasteiger partial charge < -0.3 is 10.4 Å². The Morgan fingerprint density at radius 1 is 1.07 bits per heavy atom. The average molecular weight is 469 g/mol. The predicted octanol–water partition coefficient (Wildman–Crippen LogP) is 0.321. The Morgan fingerprint density at radius 2 is 1.71 bits per heavy atom. The van der Waals surface area contributed by atoms with Crippen LogP contribution in [0.2, 0.25) is 0 Å². The van der Waals surface area contributed by atoms with Crippen molar-refractivity contribution >= 4 is 43.7 Å². The lowest BCUT2D eigenvalue weighted by molar-refractivity contribution is -0.653. The van der Waals surface area contributed by atoms with Crippen molar-refractivity contribution in [3.8, 4) is 0 Å². The summed E-state index contributed by atoms with van der Waals surface area (Å²) >= 11 is 0.641. The van der Waals surface area contributed by atoms with E-state index >= 15 is 0 Å². The Morgan fingerprint density at radius 3 is 2.29 bits per heavy atom. The topological polar surface area (TPSA) is 156 Å². The van der Waals surface area contributed by atoms with Crippen LogP contribution in [-0.2, 0) is 19.3 Å². The molecule has 2 rings (SSSR count). The Kier molecular flexibility index (Phi) is 8.96. The minimum atomic E-state index is -3.96. The van der Waals surface area contributed by atoms with Gasteiger partial charge in [-0.3, -0.25) is 0 Å². The van der Waals surface area contributed by atoms with Crippen molar-refractivity contribution in [2.45, 2.75) is 34.0 Å². The fraction of sp³-hybridized carbons (Fsp3) is 0.333. The van der Waals surface area contributed by atoms with Crippen LogP contribution in [0.5, 0.6) is 0 Å². The molecule has 28 heavy (non-hydrogen) atoms. The average Bonchev–Trinajstić information content (AvgIpc) is 2.64. The molecule has 0 fully saturated rings. The van der Waals surface area contributed by atoms with Crippen LogP contribution in [0.4, 0.5) is 0 Å². The third-order valence-corrected chi connectivity index (χ3v) is 6.93. The fourth-order valence-corrected chi connectivity index (χ4v) is 4.68. The molecular formula is C12H16N6O6S4. The zero-order valence-electron chi connectivity index (χ0n) is 14.6. The molecule has 0 aliphatic rings. The Bertz CT molecular complexity index is 902. The van der Waals surface area contributed by atoms with E-state index in [1.54, 1.807) is 6.92 Å². The smallest absolute Gasteiger partial charge is 0.434 e. The SMILES string of the molecule is CCNOOSc1ncc(SSc2cnc(S(=O)(=O)NCC)[n+]([O-])c2)c[n+]1[O-]. The van der Waals surface area contributed by atoms with Crippen LogP contribution >= 0.6 is 33.6 Å². The van der Waals surface area contributed by atoms with Crippen LogP contribution in [-0.4, -0.2) is 31.5 Å². The fourth-order valence-electron chi connectivity index (χ4n) is 1.57. The van der Waals surface area contributed by atoms with Crippen LogP contribution in [0.25, 0.3) is 0 Å². The molecule has 2 N–H and O–H groups in total. The zero-order chi connectivity index (χ0) is 20.6. The van der Waals surface area contributed by atoms with E-state index in [4.69, 9.17) is 0 Å². The molecule has 0 aromatic carbocycles. The molecule has 16 heteroatoms. The first-order valence-corrected chi connectivity index (χ1v) is 12.0. The van der Waals surface area contributed by atoms with Crippen molar-refractivity contribution < 1.29 is 27.2 Å². The number of hydrogen-bond acceptors (Lipinski definition) is 12. The third-order valence-electron chi connectivity index (χ3n) is 2.63. The molecular weight excluding hydrogens is 452 g/mol. The number of hydrogen-bond donors (Lipinski definition) is 2. The summed E-state index contributed by atoms with van der Waals surface area (Å²) in [4.78, 5) is 13.1. The van der Waals surface area contributed by atoms with Crippen LogP contribution in [0.3, 0.4) is 0 Å². The van der Waals surface area contributed by atoms with Crippen LogP contribution in [0.1, 0.15) is 13.8 Å². The number of nitrogens with zero attached hydrogens (tertiary/aromatic N) is 4. The summed E-state index contributed by atoms with van der Waals surface area (Å²) in [5, 5.41) is 23.2. The first kappa shape index (κ1) is 22.9. The highest BCUT2D eigenvalue weighted by molar-refractivity contribution is 8.76. The number of sulfonamides is 1. The van der Waals surface area contributed by atoms with E-state index in [9.17, 15) is 18.8 Å². The molecule has 0 aliphatic carbocycles. The lowest BCUT2D eigenvalue weighted by Crippen LogP contribution is -2.40. The van der Waals surface area contributed by atoms with Crippen molar-refractivity contribution in [2.24, 2.45) is 0 Å². The number of aromatic nitrogens is 4. The molecule has 0 unspecified atom stereocenters. The number of rotatable bonds is 11. The first-order valence-electron chi connectivity index (χ1n) is 7.63. The molecule has 0 saturated carbocycles. The third kappa shape index (κ3) is 6.59. The molecule has 0 saturated heterocycles. The van der Waals surface area contributed by atoms with Gasteiger partial charge in [0.2, 0.25) is 0 Å². The van der Waals surface area contributed by atoms with E-state index in [0.717, 1.165) is 27.8 Å². The van der Waals surface area contributed by atoms with Gasteiger partial charge in [0.25, 0.3) is 0 Å². The molecule has 2 aromatic heterocycles. The Hall–Kier alpha value is -1.40. The molecule has 154 valence electrons. The van der Waals surface area contributed by atoms with Crippen LogP contribution in [0.15, 0.2) is 44.9 Å².